The van der Waals surface area contributed by atoms with Crippen molar-refractivity contribution in [3.63, 3.8) is 0 Å². The van der Waals surface area contributed by atoms with Crippen molar-refractivity contribution in [2.45, 2.75) is 97.8 Å². The predicted octanol–water partition coefficient (Wildman–Crippen LogP) is 5.50. The monoisotopic (exact) mass is 577 g/mol. The summed E-state index contributed by atoms with van der Waals surface area (Å²) in [4.78, 5) is 53.7. The third-order valence-electron chi connectivity index (χ3n) is 7.96. The van der Waals surface area contributed by atoms with E-state index < -0.39 is 35.3 Å². The molecule has 228 valence electrons. The van der Waals surface area contributed by atoms with Crippen molar-refractivity contribution in [3.05, 3.63) is 71.3 Å². The molecule has 2 aromatic rings. The van der Waals surface area contributed by atoms with E-state index in [1.807, 2.05) is 63.2 Å². The van der Waals surface area contributed by atoms with Gasteiger partial charge in [-0.05, 0) is 35.4 Å². The molecule has 1 aliphatic heterocycles. The zero-order valence-corrected chi connectivity index (χ0v) is 26.2. The van der Waals surface area contributed by atoms with Gasteiger partial charge in [-0.15, -0.1) is 0 Å². The number of alkyl carbamates (subject to hydrolysis) is 1. The van der Waals surface area contributed by atoms with Gasteiger partial charge in [-0.3, -0.25) is 14.4 Å². The van der Waals surface area contributed by atoms with E-state index in [0.717, 1.165) is 17.5 Å². The Kier molecular flexibility index (Phi) is 10.9. The summed E-state index contributed by atoms with van der Waals surface area (Å²) in [6.45, 7) is 14.9. The van der Waals surface area contributed by atoms with Crippen LogP contribution in [0.15, 0.2) is 54.6 Å². The summed E-state index contributed by atoms with van der Waals surface area (Å²) in [5.74, 6) is -1.48. The maximum absolute atomic E-state index is 13.1. The number of amides is 3. The van der Waals surface area contributed by atoms with E-state index >= 15 is 0 Å². The molecular weight excluding hydrogens is 530 g/mol. The largest absolute Gasteiger partial charge is 0.444 e. The number of benzene rings is 2. The van der Waals surface area contributed by atoms with Gasteiger partial charge in [0.2, 0.25) is 11.7 Å². The van der Waals surface area contributed by atoms with Gasteiger partial charge in [-0.25, -0.2) is 4.79 Å². The number of ketones is 1. The van der Waals surface area contributed by atoms with Crippen molar-refractivity contribution in [1.82, 2.24) is 15.5 Å². The molecule has 0 saturated carbocycles. The smallest absolute Gasteiger partial charge is 0.408 e. The molecule has 0 aromatic heterocycles. The lowest BCUT2D eigenvalue weighted by Crippen LogP contribution is -2.49. The molecule has 1 heterocycles. The number of likely N-dealkylation sites (tertiary alicyclic amines) is 1. The molecule has 3 amide bonds. The average Bonchev–Trinajstić information content (AvgIpc) is 3.24. The summed E-state index contributed by atoms with van der Waals surface area (Å²) in [5, 5.41) is 5.37. The zero-order valence-electron chi connectivity index (χ0n) is 26.2. The third-order valence-corrected chi connectivity index (χ3v) is 7.96. The predicted molar refractivity (Wildman–Crippen MR) is 164 cm³/mol. The summed E-state index contributed by atoms with van der Waals surface area (Å²) in [7, 11) is 0. The second-order valence-electron chi connectivity index (χ2n) is 13.1. The first-order valence-electron chi connectivity index (χ1n) is 14.9. The van der Waals surface area contributed by atoms with Crippen LogP contribution < -0.4 is 10.6 Å². The lowest BCUT2D eigenvalue weighted by Gasteiger charge is -2.26. The highest BCUT2D eigenvalue weighted by molar-refractivity contribution is 6.38. The Hall–Kier alpha value is -3.68. The fraction of sp³-hybridized carbons (Fsp3) is 0.529. The lowest BCUT2D eigenvalue weighted by atomic mass is 9.86. The van der Waals surface area contributed by atoms with Gasteiger partial charge >= 0.3 is 6.09 Å². The van der Waals surface area contributed by atoms with Gasteiger partial charge in [0.1, 0.15) is 12.1 Å². The highest BCUT2D eigenvalue weighted by Gasteiger charge is 2.44. The Labute approximate surface area is 250 Å². The first-order valence-corrected chi connectivity index (χ1v) is 14.9. The van der Waals surface area contributed by atoms with Gasteiger partial charge in [0.25, 0.3) is 5.91 Å². The Balaban J connectivity index is 1.59. The van der Waals surface area contributed by atoms with Crippen molar-refractivity contribution in [3.8, 4) is 0 Å². The molecule has 3 atom stereocenters. The van der Waals surface area contributed by atoms with Crippen LogP contribution in [0.3, 0.4) is 0 Å². The molecule has 0 unspecified atom stereocenters. The molecule has 1 fully saturated rings. The number of rotatable bonds is 11. The minimum absolute atomic E-state index is 0.0294. The maximum atomic E-state index is 13.1. The summed E-state index contributed by atoms with van der Waals surface area (Å²) in [5.41, 5.74) is 2.58. The molecule has 2 aromatic carbocycles. The molecular formula is C34H47N3O5. The summed E-state index contributed by atoms with van der Waals surface area (Å²) >= 11 is 0. The normalized spacial score (nSPS) is 17.7. The van der Waals surface area contributed by atoms with E-state index in [1.165, 1.54) is 5.56 Å². The minimum atomic E-state index is -1.00. The molecule has 8 heteroatoms. The minimum Gasteiger partial charge on any atom is -0.444 e. The number of Topliss-reactive ketones (excluding diaryl/α,β-unsaturated/α-hetero) is 1. The van der Waals surface area contributed by atoms with E-state index in [1.54, 1.807) is 11.8 Å². The number of unbranched alkanes of at least 4 members (excludes halogenated alkanes) is 1. The number of ether oxygens (including phenoxy) is 1. The topological polar surface area (TPSA) is 105 Å². The van der Waals surface area contributed by atoms with Gasteiger partial charge < -0.3 is 20.3 Å². The lowest BCUT2D eigenvalue weighted by molar-refractivity contribution is -0.139. The molecule has 8 nitrogen and oxygen atoms in total. The number of nitrogens with zero attached hydrogens (tertiary/aromatic N) is 1. The van der Waals surface area contributed by atoms with Crippen LogP contribution in [0.25, 0.3) is 0 Å². The molecule has 3 rings (SSSR count). The Morgan fingerprint density at radius 1 is 1.00 bits per heavy atom. The van der Waals surface area contributed by atoms with Crippen LogP contribution in [-0.4, -0.2) is 53.8 Å². The Morgan fingerprint density at radius 3 is 2.24 bits per heavy atom. The Bertz CT molecular complexity index is 1230. The van der Waals surface area contributed by atoms with Crippen LogP contribution in [0.2, 0.25) is 0 Å². The average molecular weight is 578 g/mol. The quantitative estimate of drug-likeness (QED) is 0.344. The van der Waals surface area contributed by atoms with Gasteiger partial charge in [0, 0.05) is 12.0 Å². The SMILES string of the molecule is CCCC[C@H](NC(=O)O[C@@H]1CN(C(=O)Cc2ccc(C(C)(C)C)cc2)CC1(C)C)C(=O)C(=O)N[C@H](C)c1ccccc1. The van der Waals surface area contributed by atoms with E-state index in [2.05, 4.69) is 43.5 Å². The first-order chi connectivity index (χ1) is 19.7. The molecule has 1 aliphatic rings. The molecule has 0 radical (unpaired) electrons. The molecule has 42 heavy (non-hydrogen) atoms. The summed E-state index contributed by atoms with van der Waals surface area (Å²) < 4.78 is 5.77. The molecule has 0 bridgehead atoms. The van der Waals surface area contributed by atoms with Crippen molar-refractivity contribution >= 4 is 23.7 Å². The van der Waals surface area contributed by atoms with Crippen LogP contribution in [0, 0.1) is 5.41 Å². The fourth-order valence-corrected chi connectivity index (χ4v) is 5.13. The van der Waals surface area contributed by atoms with Crippen molar-refractivity contribution in [2.75, 3.05) is 13.1 Å². The van der Waals surface area contributed by atoms with Crippen LogP contribution in [0.1, 0.15) is 90.5 Å². The third kappa shape index (κ3) is 8.91. The highest BCUT2D eigenvalue weighted by atomic mass is 16.6. The second-order valence-corrected chi connectivity index (χ2v) is 13.1. The van der Waals surface area contributed by atoms with Gasteiger partial charge in [-0.2, -0.15) is 0 Å². The highest BCUT2D eigenvalue weighted by Crippen LogP contribution is 2.33. The molecule has 0 spiro atoms. The number of hydrogen-bond donors (Lipinski definition) is 2. The summed E-state index contributed by atoms with van der Waals surface area (Å²) in [6.07, 6.45) is 0.728. The van der Waals surface area contributed by atoms with E-state index in [0.29, 0.717) is 19.4 Å². The number of carbonyl (C=O) groups excluding carboxylic acids is 4. The van der Waals surface area contributed by atoms with Crippen LogP contribution in [0.4, 0.5) is 4.79 Å². The van der Waals surface area contributed by atoms with Crippen LogP contribution in [-0.2, 0) is 31.0 Å². The molecule has 1 saturated heterocycles. The second kappa shape index (κ2) is 14.0. The van der Waals surface area contributed by atoms with Gasteiger partial charge in [-0.1, -0.05) is 109 Å². The molecule has 0 aliphatic carbocycles. The van der Waals surface area contributed by atoms with Gasteiger partial charge in [0.05, 0.1) is 19.0 Å². The van der Waals surface area contributed by atoms with Crippen LogP contribution in [0.5, 0.6) is 0 Å². The summed E-state index contributed by atoms with van der Waals surface area (Å²) in [6, 6.07) is 16.1. The van der Waals surface area contributed by atoms with Crippen LogP contribution >= 0.6 is 0 Å². The first kappa shape index (κ1) is 32.8. The maximum Gasteiger partial charge on any atom is 0.408 e. The van der Waals surface area contributed by atoms with Crippen molar-refractivity contribution < 1.29 is 23.9 Å². The van der Waals surface area contributed by atoms with Crippen molar-refractivity contribution in [1.29, 1.82) is 0 Å². The number of hydrogen-bond acceptors (Lipinski definition) is 5. The number of carbonyl (C=O) groups is 4. The molecule has 2 N–H and O–H groups in total. The number of nitrogens with one attached hydrogen (secondary N) is 2. The van der Waals surface area contributed by atoms with Crippen molar-refractivity contribution in [2.24, 2.45) is 5.41 Å². The van der Waals surface area contributed by atoms with Gasteiger partial charge in [0.15, 0.2) is 0 Å². The fourth-order valence-electron chi connectivity index (χ4n) is 5.13. The van der Waals surface area contributed by atoms with E-state index in [-0.39, 0.29) is 30.3 Å². The standard InChI is InChI=1S/C34H47N3O5/c1-8-9-15-27(30(39)31(40)35-23(2)25-13-11-10-12-14-25)36-32(41)42-28-21-37(22-34(28,6)7)29(38)20-24-16-18-26(19-17-24)33(3,4)5/h10-14,16-19,23,27-28H,8-9,15,20-22H2,1-7H3,(H,35,40)(H,36,41)/t23-,27+,28-/m1/s1. The zero-order chi connectivity index (χ0) is 31.1. The van der Waals surface area contributed by atoms with E-state index in [4.69, 9.17) is 4.74 Å². The van der Waals surface area contributed by atoms with E-state index in [9.17, 15) is 19.2 Å². The Morgan fingerprint density at radius 2 is 1.64 bits per heavy atom.